The van der Waals surface area contributed by atoms with E-state index in [9.17, 15) is 4.79 Å². The second-order valence-corrected chi connectivity index (χ2v) is 13.4. The standard InChI is InChI=1S/C29H44BrNOS2/c1-3-5-7-9-11-12-14-16-18-23(17-15-13-10-8-6-4-2)22-31-25-19-20-33-28(25)27-24(29(31)32)21-26(30)34-27/h19-21,23H,3-18,22H2,1-2H3. The van der Waals surface area contributed by atoms with Crippen LogP contribution in [0.2, 0.25) is 0 Å². The lowest BCUT2D eigenvalue weighted by molar-refractivity contribution is 0.358. The SMILES string of the molecule is CCCCCCCCCCC(CCCCCCCC)Cn1c(=O)c2cc(Br)sc2c2sccc21. The third-order valence-corrected chi connectivity index (χ3v) is 9.90. The van der Waals surface area contributed by atoms with Crippen LogP contribution in [0.1, 0.15) is 117 Å². The summed E-state index contributed by atoms with van der Waals surface area (Å²) in [5.41, 5.74) is 1.34. The van der Waals surface area contributed by atoms with Crippen molar-refractivity contribution in [2.75, 3.05) is 0 Å². The van der Waals surface area contributed by atoms with E-state index in [0.29, 0.717) is 5.92 Å². The molecule has 5 heteroatoms. The molecule has 0 aliphatic heterocycles. The molecule has 1 atom stereocenters. The van der Waals surface area contributed by atoms with E-state index in [0.717, 1.165) is 25.9 Å². The van der Waals surface area contributed by atoms with E-state index in [1.165, 1.54) is 107 Å². The number of unbranched alkanes of at least 4 members (excludes halogenated alkanes) is 12. The molecule has 3 rings (SSSR count). The number of rotatable bonds is 18. The third kappa shape index (κ3) is 8.20. The molecule has 0 fully saturated rings. The fraction of sp³-hybridized carbons (Fsp3) is 0.690. The molecule has 0 radical (unpaired) electrons. The molecule has 3 heterocycles. The zero-order valence-corrected chi connectivity index (χ0v) is 24.6. The van der Waals surface area contributed by atoms with Crippen molar-refractivity contribution in [1.82, 2.24) is 4.57 Å². The summed E-state index contributed by atoms with van der Waals surface area (Å²) in [6.07, 6.45) is 21.5. The Balaban J connectivity index is 1.64. The summed E-state index contributed by atoms with van der Waals surface area (Å²) in [5.74, 6) is 0.603. The molecular formula is C29H44BrNOS2. The minimum Gasteiger partial charge on any atom is -0.307 e. The summed E-state index contributed by atoms with van der Waals surface area (Å²) in [4.78, 5) is 13.5. The van der Waals surface area contributed by atoms with E-state index < -0.39 is 0 Å². The van der Waals surface area contributed by atoms with Crippen molar-refractivity contribution in [3.8, 4) is 0 Å². The predicted octanol–water partition coefficient (Wildman–Crippen LogP) is 10.9. The van der Waals surface area contributed by atoms with Crippen molar-refractivity contribution >= 4 is 58.9 Å². The van der Waals surface area contributed by atoms with Crippen molar-refractivity contribution < 1.29 is 0 Å². The van der Waals surface area contributed by atoms with Crippen molar-refractivity contribution in [2.45, 2.75) is 123 Å². The number of hydrogen-bond donors (Lipinski definition) is 0. The zero-order valence-electron chi connectivity index (χ0n) is 21.4. The van der Waals surface area contributed by atoms with Crippen LogP contribution in [0.4, 0.5) is 0 Å². The summed E-state index contributed by atoms with van der Waals surface area (Å²) in [7, 11) is 0. The monoisotopic (exact) mass is 565 g/mol. The van der Waals surface area contributed by atoms with Crippen molar-refractivity contribution in [1.29, 1.82) is 0 Å². The first-order valence-electron chi connectivity index (χ1n) is 13.8. The molecule has 0 aromatic carbocycles. The predicted molar refractivity (Wildman–Crippen MR) is 158 cm³/mol. The molecule has 3 aromatic heterocycles. The summed E-state index contributed by atoms with van der Waals surface area (Å²) in [5, 5.41) is 3.03. The van der Waals surface area contributed by atoms with E-state index in [1.807, 2.05) is 6.07 Å². The van der Waals surface area contributed by atoms with Gasteiger partial charge >= 0.3 is 0 Å². The maximum absolute atomic E-state index is 13.5. The van der Waals surface area contributed by atoms with Gasteiger partial charge in [-0.1, -0.05) is 104 Å². The van der Waals surface area contributed by atoms with Crippen LogP contribution in [0.3, 0.4) is 0 Å². The molecule has 0 saturated heterocycles. The minimum absolute atomic E-state index is 0.201. The Hall–Kier alpha value is -0.650. The summed E-state index contributed by atoms with van der Waals surface area (Å²) in [6.45, 7) is 5.45. The molecule has 0 N–H and O–H groups in total. The van der Waals surface area contributed by atoms with E-state index in [2.05, 4.69) is 45.8 Å². The summed E-state index contributed by atoms with van der Waals surface area (Å²) < 4.78 is 5.58. The van der Waals surface area contributed by atoms with Gasteiger partial charge in [0.2, 0.25) is 0 Å². The Bertz CT molecular complexity index is 1030. The quantitative estimate of drug-likeness (QED) is 0.140. The topological polar surface area (TPSA) is 22.0 Å². The lowest BCUT2D eigenvalue weighted by Gasteiger charge is -2.19. The number of aromatic nitrogens is 1. The lowest BCUT2D eigenvalue weighted by Crippen LogP contribution is -2.24. The van der Waals surface area contributed by atoms with Gasteiger partial charge < -0.3 is 4.57 Å². The van der Waals surface area contributed by atoms with E-state index in [4.69, 9.17) is 0 Å². The first-order valence-corrected chi connectivity index (χ1v) is 16.3. The normalized spacial score (nSPS) is 12.8. The first-order chi connectivity index (χ1) is 16.7. The number of hydrogen-bond acceptors (Lipinski definition) is 3. The van der Waals surface area contributed by atoms with Gasteiger partial charge in [0, 0.05) is 6.54 Å². The van der Waals surface area contributed by atoms with Gasteiger partial charge in [0.25, 0.3) is 5.56 Å². The first kappa shape index (κ1) is 27.9. The van der Waals surface area contributed by atoms with Gasteiger partial charge in [0.1, 0.15) is 0 Å². The van der Waals surface area contributed by atoms with Gasteiger partial charge in [0.15, 0.2) is 0 Å². The number of pyridine rings is 1. The molecule has 0 amide bonds. The van der Waals surface area contributed by atoms with Crippen molar-refractivity contribution in [3.05, 3.63) is 31.7 Å². The third-order valence-electron chi connectivity index (χ3n) is 7.19. The second-order valence-electron chi connectivity index (χ2n) is 10.0. The van der Waals surface area contributed by atoms with Crippen LogP contribution in [-0.4, -0.2) is 4.57 Å². The highest BCUT2D eigenvalue weighted by molar-refractivity contribution is 9.11. The fourth-order valence-corrected chi connectivity index (χ4v) is 7.83. The Labute approximate surface area is 223 Å². The molecule has 1 unspecified atom stereocenters. The molecule has 0 aliphatic rings. The van der Waals surface area contributed by atoms with Crippen LogP contribution < -0.4 is 5.56 Å². The van der Waals surface area contributed by atoms with Gasteiger partial charge in [-0.25, -0.2) is 0 Å². The van der Waals surface area contributed by atoms with E-state index in [1.54, 1.807) is 22.7 Å². The zero-order chi connectivity index (χ0) is 24.2. The fourth-order valence-electron chi connectivity index (χ4n) is 5.17. The van der Waals surface area contributed by atoms with Crippen LogP contribution in [0.25, 0.3) is 20.3 Å². The molecule has 190 valence electrons. The molecule has 34 heavy (non-hydrogen) atoms. The van der Waals surface area contributed by atoms with E-state index >= 15 is 0 Å². The highest BCUT2D eigenvalue weighted by atomic mass is 79.9. The maximum Gasteiger partial charge on any atom is 0.259 e. The highest BCUT2D eigenvalue weighted by Gasteiger charge is 2.18. The van der Waals surface area contributed by atoms with Crippen molar-refractivity contribution in [2.24, 2.45) is 5.92 Å². The van der Waals surface area contributed by atoms with E-state index in [-0.39, 0.29) is 5.56 Å². The largest absolute Gasteiger partial charge is 0.307 e. The van der Waals surface area contributed by atoms with Crippen LogP contribution in [0.5, 0.6) is 0 Å². The molecule has 0 aliphatic carbocycles. The molecular weight excluding hydrogens is 522 g/mol. The smallest absolute Gasteiger partial charge is 0.259 e. The Morgan fingerprint density at radius 2 is 1.38 bits per heavy atom. The molecule has 0 bridgehead atoms. The van der Waals surface area contributed by atoms with Gasteiger partial charge in [0.05, 0.1) is 24.1 Å². The second kappa shape index (κ2) is 15.5. The highest BCUT2D eigenvalue weighted by Crippen LogP contribution is 2.36. The van der Waals surface area contributed by atoms with Crippen LogP contribution in [-0.2, 0) is 6.54 Å². The Morgan fingerprint density at radius 1 is 0.824 bits per heavy atom. The Morgan fingerprint density at radius 3 is 1.97 bits per heavy atom. The molecule has 2 nitrogen and oxygen atoms in total. The average molecular weight is 567 g/mol. The number of nitrogens with zero attached hydrogens (tertiary/aromatic N) is 1. The number of halogens is 1. The number of fused-ring (bicyclic) bond motifs is 3. The summed E-state index contributed by atoms with van der Waals surface area (Å²) in [6, 6.07) is 4.19. The average Bonchev–Trinajstić information content (AvgIpc) is 3.46. The van der Waals surface area contributed by atoms with Gasteiger partial charge in [-0.15, -0.1) is 22.7 Å². The minimum atomic E-state index is 0.201. The number of thiophene rings is 2. The Kier molecular flexibility index (Phi) is 12.7. The van der Waals surface area contributed by atoms with Gasteiger partial charge in [-0.2, -0.15) is 0 Å². The molecule has 0 saturated carbocycles. The lowest BCUT2D eigenvalue weighted by atomic mass is 9.93. The van der Waals surface area contributed by atoms with Gasteiger partial charge in [-0.3, -0.25) is 4.79 Å². The molecule has 0 spiro atoms. The van der Waals surface area contributed by atoms with Gasteiger partial charge in [-0.05, 0) is 52.2 Å². The maximum atomic E-state index is 13.5. The van der Waals surface area contributed by atoms with Crippen molar-refractivity contribution in [3.63, 3.8) is 0 Å². The van der Waals surface area contributed by atoms with Crippen LogP contribution in [0, 0.1) is 5.92 Å². The van der Waals surface area contributed by atoms with Crippen LogP contribution >= 0.6 is 38.6 Å². The van der Waals surface area contributed by atoms with Crippen LogP contribution in [0.15, 0.2) is 26.1 Å². The summed E-state index contributed by atoms with van der Waals surface area (Å²) >= 11 is 7.07. The molecule has 3 aromatic rings.